The first-order valence-electron chi connectivity index (χ1n) is 20.2. The largest absolute Gasteiger partial charge is 0.356 e. The smallest absolute Gasteiger partial charge is 0.284 e. The minimum absolute atomic E-state index is 0.00535. The second kappa shape index (κ2) is 16.8. The Morgan fingerprint density at radius 3 is 2.48 bits per heavy atom. The Balaban J connectivity index is 0.813. The zero-order valence-corrected chi connectivity index (χ0v) is 32.0. The summed E-state index contributed by atoms with van der Waals surface area (Å²) in [5.41, 5.74) is 7.41. The molecule has 2 aliphatic heterocycles. The van der Waals surface area contributed by atoms with E-state index < -0.39 is 24.2 Å². The fourth-order valence-electron chi connectivity index (χ4n) is 9.03. The standard InChI is InChI=1S/C40H48F3N11O4/c41-26-15-27(44)20-52(19-26)33-13-14-53-37(49-33)30(18-47-53)40(58)48-32-21-54(51-35(32)36(42)43)28-8-5-24(6-9-28)38(56)46-16-22-1-3-23(4-2-22)31-11-7-25(17-45-31)29-10-12-34(55)50-39(29)57/h7,11,13-14,17-18,21-24,26-29,36H,1-6,8-10,12,15-16,19-20,44H2,(H,46,56)(H,48,58)(H,50,55,57)/t22?,23?,24?,26-,27-,28?,29?/m1/s1. The minimum Gasteiger partial charge on any atom is -0.356 e. The van der Waals surface area contributed by atoms with E-state index in [-0.39, 0.29) is 71.5 Å². The Bertz CT molecular complexity index is 2130. The second-order valence-electron chi connectivity index (χ2n) is 16.3. The third-order valence-electron chi connectivity index (χ3n) is 12.3. The summed E-state index contributed by atoms with van der Waals surface area (Å²) in [6.45, 7) is 1.12. The van der Waals surface area contributed by atoms with Crippen molar-refractivity contribution in [2.24, 2.45) is 17.6 Å². The number of nitrogens with two attached hydrogens (primary N) is 1. The summed E-state index contributed by atoms with van der Waals surface area (Å²) in [4.78, 5) is 61.3. The molecule has 4 aromatic heterocycles. The van der Waals surface area contributed by atoms with Crippen LogP contribution in [0.4, 0.5) is 24.7 Å². The van der Waals surface area contributed by atoms with Crippen LogP contribution in [0.2, 0.25) is 0 Å². The highest BCUT2D eigenvalue weighted by atomic mass is 19.3. The van der Waals surface area contributed by atoms with Gasteiger partial charge in [0.25, 0.3) is 12.3 Å². The summed E-state index contributed by atoms with van der Waals surface area (Å²) in [6, 6.07) is 5.02. The minimum atomic E-state index is -2.94. The fourth-order valence-corrected chi connectivity index (χ4v) is 9.03. The Morgan fingerprint density at radius 2 is 1.78 bits per heavy atom. The van der Waals surface area contributed by atoms with Crippen molar-refractivity contribution in [1.29, 1.82) is 0 Å². The number of nitrogens with zero attached hydrogens (tertiary/aromatic N) is 7. The van der Waals surface area contributed by atoms with Crippen molar-refractivity contribution in [1.82, 2.24) is 40.0 Å². The summed E-state index contributed by atoms with van der Waals surface area (Å²) in [7, 11) is 0. The van der Waals surface area contributed by atoms with Gasteiger partial charge in [-0.2, -0.15) is 10.2 Å². The molecule has 4 aromatic rings. The molecular weight excluding hydrogens is 756 g/mol. The number of imide groups is 1. The Labute approximate surface area is 332 Å². The number of carbonyl (C=O) groups excluding carboxylic acids is 4. The van der Waals surface area contributed by atoms with Crippen molar-refractivity contribution < 1.29 is 32.3 Å². The van der Waals surface area contributed by atoms with Crippen molar-refractivity contribution >= 4 is 40.8 Å². The van der Waals surface area contributed by atoms with Crippen LogP contribution in [0, 0.1) is 11.8 Å². The van der Waals surface area contributed by atoms with Crippen LogP contribution < -0.4 is 26.6 Å². The molecular formula is C40H48F3N11O4. The molecule has 0 spiro atoms. The molecule has 8 rings (SSSR count). The number of carbonyl (C=O) groups is 4. The van der Waals surface area contributed by atoms with Gasteiger partial charge in [-0.05, 0) is 87.8 Å². The fraction of sp³-hybridized carbons (Fsp3) is 0.550. The highest BCUT2D eigenvalue weighted by molar-refractivity contribution is 6.08. The van der Waals surface area contributed by atoms with Crippen LogP contribution in [0.15, 0.2) is 43.0 Å². The van der Waals surface area contributed by atoms with Gasteiger partial charge in [0.05, 0.1) is 30.4 Å². The van der Waals surface area contributed by atoms with E-state index >= 15 is 0 Å². The van der Waals surface area contributed by atoms with E-state index in [1.807, 2.05) is 12.1 Å². The van der Waals surface area contributed by atoms with Gasteiger partial charge >= 0.3 is 0 Å². The average Bonchev–Trinajstić information content (AvgIpc) is 3.85. The van der Waals surface area contributed by atoms with Gasteiger partial charge in [0.2, 0.25) is 17.7 Å². The van der Waals surface area contributed by atoms with E-state index in [4.69, 9.17) is 5.73 Å². The maximum atomic E-state index is 14.2. The number of hydrogen-bond acceptors (Lipinski definition) is 10. The van der Waals surface area contributed by atoms with E-state index in [9.17, 15) is 32.3 Å². The summed E-state index contributed by atoms with van der Waals surface area (Å²) in [5.74, 6) is -0.621. The number of anilines is 2. The molecule has 58 heavy (non-hydrogen) atoms. The van der Waals surface area contributed by atoms with Gasteiger partial charge in [-0.3, -0.25) is 34.2 Å². The lowest BCUT2D eigenvalue weighted by molar-refractivity contribution is -0.134. The van der Waals surface area contributed by atoms with Crippen molar-refractivity contribution in [3.63, 3.8) is 0 Å². The molecule has 4 amide bonds. The number of piperidine rings is 2. The molecule has 4 fully saturated rings. The van der Waals surface area contributed by atoms with Gasteiger partial charge < -0.3 is 21.3 Å². The Hall–Kier alpha value is -5.39. The summed E-state index contributed by atoms with van der Waals surface area (Å²) in [5, 5.41) is 16.5. The van der Waals surface area contributed by atoms with Crippen LogP contribution >= 0.6 is 0 Å². The first-order valence-corrected chi connectivity index (χ1v) is 20.2. The number of pyridine rings is 1. The second-order valence-corrected chi connectivity index (χ2v) is 16.3. The van der Waals surface area contributed by atoms with Crippen LogP contribution in [-0.2, 0) is 14.4 Å². The van der Waals surface area contributed by atoms with Crippen LogP contribution in [-0.4, -0.2) is 84.8 Å². The van der Waals surface area contributed by atoms with Gasteiger partial charge in [0.1, 0.15) is 17.6 Å². The van der Waals surface area contributed by atoms with Crippen molar-refractivity contribution in [2.45, 2.75) is 107 Å². The van der Waals surface area contributed by atoms with E-state index in [1.54, 1.807) is 23.4 Å². The molecule has 1 unspecified atom stereocenters. The van der Waals surface area contributed by atoms with E-state index in [0.717, 1.165) is 36.9 Å². The van der Waals surface area contributed by atoms with Crippen LogP contribution in [0.3, 0.4) is 0 Å². The number of amides is 4. The molecule has 3 atom stereocenters. The first-order chi connectivity index (χ1) is 28.0. The molecule has 0 bridgehead atoms. The monoisotopic (exact) mass is 803 g/mol. The van der Waals surface area contributed by atoms with Gasteiger partial charge in [0, 0.05) is 61.7 Å². The zero-order valence-electron chi connectivity index (χ0n) is 32.0. The van der Waals surface area contributed by atoms with E-state index in [1.165, 1.54) is 21.6 Å². The van der Waals surface area contributed by atoms with Crippen molar-refractivity contribution in [2.75, 3.05) is 29.9 Å². The van der Waals surface area contributed by atoms with Crippen LogP contribution in [0.5, 0.6) is 0 Å². The quantitative estimate of drug-likeness (QED) is 0.163. The maximum absolute atomic E-state index is 14.2. The molecule has 308 valence electrons. The van der Waals surface area contributed by atoms with Gasteiger partial charge in [0.15, 0.2) is 11.3 Å². The number of nitrogens with one attached hydrogen (secondary N) is 3. The van der Waals surface area contributed by atoms with Gasteiger partial charge in [-0.1, -0.05) is 6.07 Å². The molecule has 15 nitrogen and oxygen atoms in total. The van der Waals surface area contributed by atoms with Gasteiger partial charge in [-0.15, -0.1) is 0 Å². The molecule has 6 heterocycles. The van der Waals surface area contributed by atoms with E-state index in [2.05, 4.69) is 36.1 Å². The number of rotatable bonds is 10. The number of fused-ring (bicyclic) bond motifs is 1. The molecule has 0 radical (unpaired) electrons. The number of halogens is 3. The molecule has 2 saturated carbocycles. The maximum Gasteiger partial charge on any atom is 0.284 e. The highest BCUT2D eigenvalue weighted by Gasteiger charge is 2.33. The molecule has 18 heteroatoms. The predicted octanol–water partition coefficient (Wildman–Crippen LogP) is 4.73. The lowest BCUT2D eigenvalue weighted by Gasteiger charge is -2.33. The third-order valence-corrected chi connectivity index (χ3v) is 12.3. The molecule has 2 saturated heterocycles. The van der Waals surface area contributed by atoms with Crippen molar-refractivity contribution in [3.05, 3.63) is 65.5 Å². The zero-order chi connectivity index (χ0) is 40.5. The summed E-state index contributed by atoms with van der Waals surface area (Å²) in [6.07, 6.45) is 9.23. The molecule has 0 aromatic carbocycles. The van der Waals surface area contributed by atoms with Crippen molar-refractivity contribution in [3.8, 4) is 0 Å². The van der Waals surface area contributed by atoms with E-state index in [0.29, 0.717) is 69.3 Å². The average molecular weight is 804 g/mol. The summed E-state index contributed by atoms with van der Waals surface area (Å²) >= 11 is 0. The Morgan fingerprint density at radius 1 is 0.983 bits per heavy atom. The topological polar surface area (TPSA) is 195 Å². The third kappa shape index (κ3) is 8.56. The normalized spacial score (nSPS) is 26.8. The molecule has 2 aliphatic carbocycles. The number of aromatic nitrogens is 6. The van der Waals surface area contributed by atoms with Gasteiger partial charge in [-0.25, -0.2) is 22.7 Å². The highest BCUT2D eigenvalue weighted by Crippen LogP contribution is 2.37. The molecule has 5 N–H and O–H groups in total. The lowest BCUT2D eigenvalue weighted by atomic mass is 9.80. The Kier molecular flexibility index (Phi) is 11.4. The number of alkyl halides is 3. The first kappa shape index (κ1) is 39.4. The summed E-state index contributed by atoms with van der Waals surface area (Å²) < 4.78 is 45.5. The number of hydrogen-bond donors (Lipinski definition) is 4. The van der Waals surface area contributed by atoms with Crippen LogP contribution in [0.25, 0.3) is 5.65 Å². The predicted molar refractivity (Wildman–Crippen MR) is 206 cm³/mol. The molecule has 4 aliphatic rings. The lowest BCUT2D eigenvalue weighted by Crippen LogP contribution is -2.48. The van der Waals surface area contributed by atoms with Crippen LogP contribution in [0.1, 0.15) is 122 Å². The SMILES string of the molecule is N[C@@H]1C[C@@H](F)CN(c2ccn3ncc(C(=O)Nc4cn(C5CCC(C(=O)NCC6CCC(c7ccc(C8CCC(=O)NC8=O)cn7)CC6)CC5)nc4C(F)F)c3n2)C1.